The molecule has 2 aliphatic rings. The minimum Gasteiger partial charge on any atom is -0.508 e. The second-order valence-electron chi connectivity index (χ2n) is 6.39. The Bertz CT molecular complexity index is 476. The fraction of sp³-hybridized carbons (Fsp3) is 0.647. The average molecular weight is 340 g/mol. The van der Waals surface area contributed by atoms with E-state index in [0.717, 1.165) is 0 Å². The molecule has 1 aromatic carbocycles. The number of nitrogens with zero attached hydrogens (tertiary/aromatic N) is 1. The number of benzene rings is 1. The van der Waals surface area contributed by atoms with Crippen molar-refractivity contribution in [3.05, 3.63) is 29.3 Å². The van der Waals surface area contributed by atoms with Gasteiger partial charge >= 0.3 is 0 Å². The van der Waals surface area contributed by atoms with Crippen LogP contribution in [0.15, 0.2) is 18.2 Å². The summed E-state index contributed by atoms with van der Waals surface area (Å²) in [4.78, 5) is 2.54. The smallest absolute Gasteiger partial charge is 0.115 e. The number of rotatable bonds is 3. The number of aryl methyl sites for hydroxylation is 1. The van der Waals surface area contributed by atoms with Crippen LogP contribution in [0.4, 0.5) is 0 Å². The van der Waals surface area contributed by atoms with Crippen LogP contribution in [0.1, 0.15) is 50.2 Å². The molecule has 3 heteroatoms. The monoisotopic (exact) mass is 339 g/mol. The Hall–Kier alpha value is -0.540. The van der Waals surface area contributed by atoms with E-state index in [1.54, 1.807) is 0 Å². The van der Waals surface area contributed by atoms with Gasteiger partial charge < -0.3 is 10.0 Å². The molecule has 0 aromatic heterocycles. The van der Waals surface area contributed by atoms with Gasteiger partial charge in [0.05, 0.1) is 0 Å². The van der Waals surface area contributed by atoms with E-state index in [-0.39, 0.29) is 17.0 Å². The Labute approximate surface area is 133 Å². The first-order valence-corrected chi connectivity index (χ1v) is 7.70. The predicted molar refractivity (Wildman–Crippen MR) is 89.0 cm³/mol. The van der Waals surface area contributed by atoms with Crippen molar-refractivity contribution in [2.45, 2.75) is 56.9 Å². The molecule has 1 heterocycles. The van der Waals surface area contributed by atoms with Gasteiger partial charge in [0.25, 0.3) is 0 Å². The van der Waals surface area contributed by atoms with E-state index in [9.17, 15) is 5.11 Å². The zero-order chi connectivity index (χ0) is 13.5. The molecule has 2 atom stereocenters. The van der Waals surface area contributed by atoms with E-state index in [0.29, 0.717) is 17.2 Å². The number of fused-ring (bicyclic) bond motifs is 3. The number of phenols is 1. The van der Waals surface area contributed by atoms with Crippen LogP contribution in [0.5, 0.6) is 5.75 Å². The molecule has 0 amide bonds. The second-order valence-corrected chi connectivity index (χ2v) is 6.39. The highest BCUT2D eigenvalue weighted by molar-refractivity contribution is 8.93. The standard InChI is InChI=1S/C17H25NO.BrH/c1-3-4-9-17-10-11-18(2)16(17)8-6-13-5-7-14(19)12-15(13)17;/h5,7,12,16,19H,3-4,6,8-11H2,1-2H3;1H/t16-,17-;/m0./s1. The first-order valence-electron chi connectivity index (χ1n) is 7.70. The molecule has 1 saturated heterocycles. The van der Waals surface area contributed by atoms with Crippen molar-refractivity contribution >= 4 is 17.0 Å². The molecule has 1 fully saturated rings. The van der Waals surface area contributed by atoms with Gasteiger partial charge in [-0.25, -0.2) is 0 Å². The van der Waals surface area contributed by atoms with Gasteiger partial charge in [0.1, 0.15) is 5.75 Å². The fourth-order valence-corrected chi connectivity index (χ4v) is 4.39. The topological polar surface area (TPSA) is 23.5 Å². The van der Waals surface area contributed by atoms with Gasteiger partial charge in [-0.2, -0.15) is 0 Å². The van der Waals surface area contributed by atoms with Gasteiger partial charge in [0, 0.05) is 11.5 Å². The maximum Gasteiger partial charge on any atom is 0.115 e. The molecule has 1 aromatic rings. The Balaban J connectivity index is 0.00000147. The van der Waals surface area contributed by atoms with Gasteiger partial charge in [-0.05, 0) is 62.5 Å². The second kappa shape index (κ2) is 6.07. The number of likely N-dealkylation sites (tertiary alicyclic amines) is 1. The lowest BCUT2D eigenvalue weighted by Gasteiger charge is -2.43. The Morgan fingerprint density at radius 3 is 2.95 bits per heavy atom. The summed E-state index contributed by atoms with van der Waals surface area (Å²) in [5.74, 6) is 0.435. The quantitative estimate of drug-likeness (QED) is 0.897. The molecule has 0 bridgehead atoms. The zero-order valence-corrected chi connectivity index (χ0v) is 14.3. The molecule has 1 aliphatic carbocycles. The summed E-state index contributed by atoms with van der Waals surface area (Å²) in [7, 11) is 2.27. The van der Waals surface area contributed by atoms with E-state index in [1.165, 1.54) is 56.2 Å². The van der Waals surface area contributed by atoms with Crippen LogP contribution < -0.4 is 0 Å². The van der Waals surface area contributed by atoms with Crippen molar-refractivity contribution in [2.75, 3.05) is 13.6 Å². The molecule has 3 rings (SSSR count). The molecule has 2 nitrogen and oxygen atoms in total. The number of phenolic OH excluding ortho intramolecular Hbond substituents is 1. The number of aromatic hydroxyl groups is 1. The van der Waals surface area contributed by atoms with Crippen LogP contribution in [-0.4, -0.2) is 29.6 Å². The molecule has 0 unspecified atom stereocenters. The largest absolute Gasteiger partial charge is 0.508 e. The highest BCUT2D eigenvalue weighted by Gasteiger charge is 2.49. The summed E-state index contributed by atoms with van der Waals surface area (Å²) >= 11 is 0. The molecular formula is C17H26BrNO. The number of hydrogen-bond donors (Lipinski definition) is 1. The summed E-state index contributed by atoms with van der Waals surface area (Å²) in [5.41, 5.74) is 3.22. The van der Waals surface area contributed by atoms with Crippen LogP contribution in [0.2, 0.25) is 0 Å². The van der Waals surface area contributed by atoms with E-state index in [1.807, 2.05) is 6.07 Å². The SMILES string of the molecule is Br.CCCC[C@@]12CCN(C)[C@H]1CCc1ccc(O)cc12. The molecule has 20 heavy (non-hydrogen) atoms. The van der Waals surface area contributed by atoms with Crippen molar-refractivity contribution < 1.29 is 5.11 Å². The van der Waals surface area contributed by atoms with Gasteiger partial charge in [0.15, 0.2) is 0 Å². The van der Waals surface area contributed by atoms with E-state index < -0.39 is 0 Å². The van der Waals surface area contributed by atoms with Crippen LogP contribution in [0.3, 0.4) is 0 Å². The highest BCUT2D eigenvalue weighted by atomic mass is 79.9. The van der Waals surface area contributed by atoms with Crippen LogP contribution in [0.25, 0.3) is 0 Å². The minimum absolute atomic E-state index is 0. The number of hydrogen-bond acceptors (Lipinski definition) is 2. The maximum atomic E-state index is 9.90. The van der Waals surface area contributed by atoms with E-state index in [2.05, 4.69) is 31.0 Å². The van der Waals surface area contributed by atoms with Crippen molar-refractivity contribution in [3.63, 3.8) is 0 Å². The van der Waals surface area contributed by atoms with Crippen LogP contribution in [-0.2, 0) is 11.8 Å². The highest BCUT2D eigenvalue weighted by Crippen LogP contribution is 2.50. The fourth-order valence-electron chi connectivity index (χ4n) is 4.39. The number of halogens is 1. The summed E-state index contributed by atoms with van der Waals surface area (Å²) in [5, 5.41) is 9.90. The number of unbranched alkanes of at least 4 members (excludes halogenated alkanes) is 1. The Morgan fingerprint density at radius 1 is 1.40 bits per heavy atom. The minimum atomic E-state index is 0. The van der Waals surface area contributed by atoms with Crippen molar-refractivity contribution in [2.24, 2.45) is 0 Å². The van der Waals surface area contributed by atoms with Crippen molar-refractivity contribution in [3.8, 4) is 5.75 Å². The van der Waals surface area contributed by atoms with E-state index in [4.69, 9.17) is 0 Å². The summed E-state index contributed by atoms with van der Waals surface area (Å²) in [6.07, 6.45) is 7.52. The molecule has 0 saturated carbocycles. The third-order valence-corrected chi connectivity index (χ3v) is 5.37. The summed E-state index contributed by atoms with van der Waals surface area (Å²) in [6, 6.07) is 6.72. The average Bonchev–Trinajstić information content (AvgIpc) is 2.75. The van der Waals surface area contributed by atoms with Crippen molar-refractivity contribution in [1.29, 1.82) is 0 Å². The maximum absolute atomic E-state index is 9.90. The van der Waals surface area contributed by atoms with Gasteiger partial charge in [0.2, 0.25) is 0 Å². The zero-order valence-electron chi connectivity index (χ0n) is 12.6. The first kappa shape index (κ1) is 15.8. The lowest BCUT2D eigenvalue weighted by atomic mass is 9.64. The molecule has 1 aliphatic heterocycles. The van der Waals surface area contributed by atoms with Crippen LogP contribution >= 0.6 is 17.0 Å². The Morgan fingerprint density at radius 2 is 2.20 bits per heavy atom. The molecule has 0 spiro atoms. The molecule has 1 N–H and O–H groups in total. The van der Waals surface area contributed by atoms with Gasteiger partial charge in [-0.15, -0.1) is 17.0 Å². The van der Waals surface area contributed by atoms with Gasteiger partial charge in [-0.1, -0.05) is 25.8 Å². The lowest BCUT2D eigenvalue weighted by Crippen LogP contribution is -2.44. The molecular weight excluding hydrogens is 314 g/mol. The third kappa shape index (κ3) is 2.39. The number of likely N-dealkylation sites (N-methyl/N-ethyl adjacent to an activating group) is 1. The summed E-state index contributed by atoms with van der Waals surface area (Å²) < 4.78 is 0. The van der Waals surface area contributed by atoms with Crippen LogP contribution in [0, 0.1) is 0 Å². The first-order chi connectivity index (χ1) is 9.17. The lowest BCUT2D eigenvalue weighted by molar-refractivity contribution is 0.204. The predicted octanol–water partition coefficient (Wildman–Crippen LogP) is 4.05. The molecule has 112 valence electrons. The normalized spacial score (nSPS) is 28.6. The third-order valence-electron chi connectivity index (χ3n) is 5.37. The van der Waals surface area contributed by atoms with Gasteiger partial charge in [-0.3, -0.25) is 0 Å². The summed E-state index contributed by atoms with van der Waals surface area (Å²) in [6.45, 7) is 3.47. The van der Waals surface area contributed by atoms with E-state index >= 15 is 0 Å². The Kier molecular flexibility index (Phi) is 4.80. The van der Waals surface area contributed by atoms with Crippen molar-refractivity contribution in [1.82, 2.24) is 4.90 Å². The molecule has 0 radical (unpaired) electrons.